The van der Waals surface area contributed by atoms with E-state index in [2.05, 4.69) is 38.5 Å². The van der Waals surface area contributed by atoms with Crippen LogP contribution in [-0.2, 0) is 20.9 Å². The molecule has 0 aliphatic carbocycles. The quantitative estimate of drug-likeness (QED) is 0.224. The highest BCUT2D eigenvalue weighted by molar-refractivity contribution is 14.1. The summed E-state index contributed by atoms with van der Waals surface area (Å²) in [6, 6.07) is 11.0. The summed E-state index contributed by atoms with van der Waals surface area (Å²) in [5.74, 6) is -0.138. The standard InChI is InChI=1S/C22H19BrINO6S/c1-3-30-19(26)12-31-20-16(23)8-14(9-17(20)29-2)10-18-21(27)25(22(28)32-18)11-13-4-6-15(24)7-5-13/h4-10H,3,11-12H2,1-2H3/b18-10-. The van der Waals surface area contributed by atoms with E-state index in [0.717, 1.165) is 20.9 Å². The van der Waals surface area contributed by atoms with Crippen molar-refractivity contribution in [3.8, 4) is 11.5 Å². The monoisotopic (exact) mass is 631 g/mol. The van der Waals surface area contributed by atoms with Crippen molar-refractivity contribution in [2.75, 3.05) is 20.3 Å². The van der Waals surface area contributed by atoms with E-state index < -0.39 is 5.97 Å². The Morgan fingerprint density at radius 1 is 1.22 bits per heavy atom. The van der Waals surface area contributed by atoms with Gasteiger partial charge in [-0.2, -0.15) is 0 Å². The Hall–Kier alpha value is -2.05. The molecule has 32 heavy (non-hydrogen) atoms. The first kappa shape index (κ1) is 24.6. The summed E-state index contributed by atoms with van der Waals surface area (Å²) >= 11 is 6.50. The SMILES string of the molecule is CCOC(=O)COc1c(Br)cc(/C=C2\SC(=O)N(Cc3ccc(I)cc3)C2=O)cc1OC. The van der Waals surface area contributed by atoms with E-state index in [9.17, 15) is 14.4 Å². The fourth-order valence-corrected chi connectivity index (χ4v) is 4.63. The van der Waals surface area contributed by atoms with Gasteiger partial charge in [-0.05, 0) is 98.7 Å². The van der Waals surface area contributed by atoms with Gasteiger partial charge in [-0.1, -0.05) is 12.1 Å². The first-order chi connectivity index (χ1) is 15.3. The van der Waals surface area contributed by atoms with Crippen molar-refractivity contribution in [3.63, 3.8) is 0 Å². The van der Waals surface area contributed by atoms with Gasteiger partial charge in [0, 0.05) is 3.57 Å². The van der Waals surface area contributed by atoms with Crippen molar-refractivity contribution in [2.45, 2.75) is 13.5 Å². The van der Waals surface area contributed by atoms with Gasteiger partial charge < -0.3 is 14.2 Å². The average Bonchev–Trinajstić information content (AvgIpc) is 3.01. The summed E-state index contributed by atoms with van der Waals surface area (Å²) in [4.78, 5) is 38.4. The summed E-state index contributed by atoms with van der Waals surface area (Å²) in [6.45, 7) is 1.93. The molecule has 0 aromatic heterocycles. The molecular weight excluding hydrogens is 613 g/mol. The Morgan fingerprint density at radius 3 is 2.59 bits per heavy atom. The number of carbonyl (C=O) groups excluding carboxylic acids is 3. The summed E-state index contributed by atoms with van der Waals surface area (Å²) in [7, 11) is 1.47. The second-order valence-electron chi connectivity index (χ2n) is 6.52. The minimum Gasteiger partial charge on any atom is -0.493 e. The molecule has 10 heteroatoms. The lowest BCUT2D eigenvalue weighted by molar-refractivity contribution is -0.145. The molecule has 0 radical (unpaired) electrons. The van der Waals surface area contributed by atoms with Crippen LogP contribution in [0.4, 0.5) is 4.79 Å². The second-order valence-corrected chi connectivity index (χ2v) is 9.62. The predicted molar refractivity (Wildman–Crippen MR) is 133 cm³/mol. The lowest BCUT2D eigenvalue weighted by atomic mass is 10.1. The molecule has 0 bridgehead atoms. The maximum Gasteiger partial charge on any atom is 0.344 e. The Morgan fingerprint density at radius 2 is 1.94 bits per heavy atom. The van der Waals surface area contributed by atoms with Crippen LogP contribution in [0.15, 0.2) is 45.8 Å². The van der Waals surface area contributed by atoms with Gasteiger partial charge in [-0.15, -0.1) is 0 Å². The molecule has 0 saturated carbocycles. The van der Waals surface area contributed by atoms with Crippen LogP contribution >= 0.6 is 50.3 Å². The molecule has 2 aromatic carbocycles. The highest BCUT2D eigenvalue weighted by Gasteiger charge is 2.35. The van der Waals surface area contributed by atoms with E-state index in [1.807, 2.05) is 24.3 Å². The first-order valence-electron chi connectivity index (χ1n) is 9.48. The van der Waals surface area contributed by atoms with Crippen LogP contribution in [-0.4, -0.2) is 42.3 Å². The average molecular weight is 632 g/mol. The van der Waals surface area contributed by atoms with Gasteiger partial charge >= 0.3 is 5.97 Å². The zero-order valence-electron chi connectivity index (χ0n) is 17.2. The van der Waals surface area contributed by atoms with Crippen molar-refractivity contribution >= 4 is 73.5 Å². The molecular formula is C22H19BrINO6S. The van der Waals surface area contributed by atoms with Crippen LogP contribution in [0.2, 0.25) is 0 Å². The first-order valence-corrected chi connectivity index (χ1v) is 12.2. The van der Waals surface area contributed by atoms with Crippen molar-refractivity contribution < 1.29 is 28.6 Å². The Bertz CT molecular complexity index is 1070. The highest BCUT2D eigenvalue weighted by atomic mass is 127. The third kappa shape index (κ3) is 6.04. The molecule has 0 spiro atoms. The number of hydrogen-bond acceptors (Lipinski definition) is 7. The number of halogens is 2. The van der Waals surface area contributed by atoms with Crippen molar-refractivity contribution in [1.29, 1.82) is 0 Å². The molecule has 0 atom stereocenters. The second kappa shape index (κ2) is 11.2. The smallest absolute Gasteiger partial charge is 0.344 e. The maximum atomic E-state index is 12.8. The number of methoxy groups -OCH3 is 1. The van der Waals surface area contributed by atoms with Gasteiger partial charge in [0.1, 0.15) is 0 Å². The summed E-state index contributed by atoms with van der Waals surface area (Å²) in [5, 5.41) is -0.319. The molecule has 2 aromatic rings. The molecule has 2 amide bonds. The number of thioether (sulfide) groups is 1. The van der Waals surface area contributed by atoms with E-state index >= 15 is 0 Å². The van der Waals surface area contributed by atoms with Crippen LogP contribution in [0.1, 0.15) is 18.1 Å². The van der Waals surface area contributed by atoms with Crippen LogP contribution in [0.25, 0.3) is 6.08 Å². The Balaban J connectivity index is 1.79. The third-order valence-electron chi connectivity index (χ3n) is 4.32. The molecule has 1 fully saturated rings. The van der Waals surface area contributed by atoms with E-state index in [1.54, 1.807) is 25.1 Å². The number of benzene rings is 2. The van der Waals surface area contributed by atoms with Crippen LogP contribution in [0.3, 0.4) is 0 Å². The van der Waals surface area contributed by atoms with Gasteiger partial charge in [0.2, 0.25) is 0 Å². The van der Waals surface area contributed by atoms with Gasteiger partial charge in [-0.3, -0.25) is 14.5 Å². The fourth-order valence-electron chi connectivity index (χ4n) is 2.86. The molecule has 0 N–H and O–H groups in total. The molecule has 7 nitrogen and oxygen atoms in total. The Labute approximate surface area is 211 Å². The highest BCUT2D eigenvalue weighted by Crippen LogP contribution is 2.39. The van der Waals surface area contributed by atoms with Gasteiger partial charge in [-0.25, -0.2) is 4.79 Å². The fraction of sp³-hybridized carbons (Fsp3) is 0.227. The Kier molecular flexibility index (Phi) is 8.60. The van der Waals surface area contributed by atoms with Crippen LogP contribution < -0.4 is 9.47 Å². The lowest BCUT2D eigenvalue weighted by Crippen LogP contribution is -2.27. The van der Waals surface area contributed by atoms with E-state index in [1.165, 1.54) is 12.0 Å². The van der Waals surface area contributed by atoms with Crippen LogP contribution in [0, 0.1) is 3.57 Å². The largest absolute Gasteiger partial charge is 0.493 e. The van der Waals surface area contributed by atoms with E-state index in [0.29, 0.717) is 26.4 Å². The molecule has 1 aliphatic heterocycles. The molecule has 168 valence electrons. The summed E-state index contributed by atoms with van der Waals surface area (Å²) in [6.07, 6.45) is 1.63. The number of ether oxygens (including phenoxy) is 3. The summed E-state index contributed by atoms with van der Waals surface area (Å²) in [5.41, 5.74) is 1.51. The minimum atomic E-state index is -0.493. The number of rotatable bonds is 8. The molecule has 1 heterocycles. The predicted octanol–water partition coefficient (Wildman–Crippen LogP) is 5.24. The number of amides is 2. The van der Waals surface area contributed by atoms with E-state index in [4.69, 9.17) is 14.2 Å². The minimum absolute atomic E-state index is 0.215. The summed E-state index contributed by atoms with van der Waals surface area (Å²) < 4.78 is 17.4. The molecule has 3 rings (SSSR count). The normalized spacial score (nSPS) is 14.8. The van der Waals surface area contributed by atoms with E-state index in [-0.39, 0.29) is 30.9 Å². The topological polar surface area (TPSA) is 82.1 Å². The van der Waals surface area contributed by atoms with Gasteiger partial charge in [0.05, 0.1) is 29.6 Å². The van der Waals surface area contributed by atoms with Crippen LogP contribution in [0.5, 0.6) is 11.5 Å². The van der Waals surface area contributed by atoms with Crippen molar-refractivity contribution in [3.05, 3.63) is 60.5 Å². The van der Waals surface area contributed by atoms with Crippen molar-refractivity contribution in [1.82, 2.24) is 4.90 Å². The lowest BCUT2D eigenvalue weighted by Gasteiger charge is -2.13. The number of imide groups is 1. The van der Waals surface area contributed by atoms with Gasteiger partial charge in [0.25, 0.3) is 11.1 Å². The molecule has 1 saturated heterocycles. The zero-order valence-corrected chi connectivity index (χ0v) is 21.8. The number of nitrogens with zero attached hydrogens (tertiary/aromatic N) is 1. The third-order valence-corrected chi connectivity index (χ3v) is 6.53. The molecule has 1 aliphatic rings. The van der Waals surface area contributed by atoms with Gasteiger partial charge in [0.15, 0.2) is 18.1 Å². The zero-order chi connectivity index (χ0) is 23.3. The molecule has 0 unspecified atom stereocenters. The number of hydrogen-bond donors (Lipinski definition) is 0. The number of esters is 1. The van der Waals surface area contributed by atoms with Crippen molar-refractivity contribution in [2.24, 2.45) is 0 Å². The number of carbonyl (C=O) groups is 3. The maximum absolute atomic E-state index is 12.8.